The molecule has 1 aromatic carbocycles. The van der Waals surface area contributed by atoms with Crippen LogP contribution >= 0.6 is 0 Å². The molecule has 68 valence electrons. The van der Waals surface area contributed by atoms with Crippen molar-refractivity contribution < 1.29 is 4.39 Å². The van der Waals surface area contributed by atoms with Gasteiger partial charge in [-0.3, -0.25) is 0 Å². The molecule has 0 aliphatic heterocycles. The van der Waals surface area contributed by atoms with E-state index in [9.17, 15) is 4.39 Å². The van der Waals surface area contributed by atoms with E-state index in [4.69, 9.17) is 5.26 Å². The molecule has 3 heteroatoms. The second-order valence-electron chi connectivity index (χ2n) is 2.77. The second kappa shape index (κ2) is 4.58. The predicted octanol–water partition coefficient (Wildman–Crippen LogP) is 1.46. The van der Waals surface area contributed by atoms with Crippen LogP contribution in [0.5, 0.6) is 0 Å². The van der Waals surface area contributed by atoms with Gasteiger partial charge in [-0.25, -0.2) is 4.39 Å². The molecule has 13 heavy (non-hydrogen) atoms. The van der Waals surface area contributed by atoms with Gasteiger partial charge in [-0.1, -0.05) is 6.07 Å². The molecule has 1 N–H and O–H groups in total. The Morgan fingerprint density at radius 3 is 2.85 bits per heavy atom. The Morgan fingerprint density at radius 2 is 2.31 bits per heavy atom. The van der Waals surface area contributed by atoms with Crippen molar-refractivity contribution >= 4 is 0 Å². The van der Waals surface area contributed by atoms with Crippen LogP contribution in [0.3, 0.4) is 0 Å². The summed E-state index contributed by atoms with van der Waals surface area (Å²) in [6.07, 6.45) is 0.647. The van der Waals surface area contributed by atoms with E-state index in [1.807, 2.05) is 13.1 Å². The Labute approximate surface area is 77.0 Å². The minimum atomic E-state index is -0.297. The van der Waals surface area contributed by atoms with E-state index >= 15 is 0 Å². The van der Waals surface area contributed by atoms with Gasteiger partial charge in [0.2, 0.25) is 0 Å². The normalized spacial score (nSPS) is 9.62. The number of nitrogens with zero attached hydrogens (tertiary/aromatic N) is 1. The summed E-state index contributed by atoms with van der Waals surface area (Å²) in [5.74, 6) is -0.297. The molecular weight excluding hydrogens is 167 g/mol. The van der Waals surface area contributed by atoms with Gasteiger partial charge in [-0.2, -0.15) is 5.26 Å². The standard InChI is InChI=1S/C10H11FN2/c1-13-5-4-9-3-2-8(7-12)6-10(9)11/h2-3,6,13H,4-5H2,1H3. The van der Waals surface area contributed by atoms with Crippen molar-refractivity contribution in [1.82, 2.24) is 5.32 Å². The van der Waals surface area contributed by atoms with Crippen LogP contribution in [0.15, 0.2) is 18.2 Å². The zero-order chi connectivity index (χ0) is 9.68. The summed E-state index contributed by atoms with van der Waals surface area (Å²) in [5, 5.41) is 11.4. The first-order valence-electron chi connectivity index (χ1n) is 4.11. The zero-order valence-electron chi connectivity index (χ0n) is 7.47. The highest BCUT2D eigenvalue weighted by Gasteiger charge is 2.01. The minimum absolute atomic E-state index is 0.297. The Hall–Kier alpha value is -1.40. The van der Waals surface area contributed by atoms with Crippen LogP contribution in [0.2, 0.25) is 0 Å². The van der Waals surface area contributed by atoms with Crippen molar-refractivity contribution in [2.45, 2.75) is 6.42 Å². The monoisotopic (exact) mass is 178 g/mol. The molecule has 0 heterocycles. The summed E-state index contributed by atoms with van der Waals surface area (Å²) in [6.45, 7) is 0.739. The topological polar surface area (TPSA) is 35.8 Å². The molecule has 0 saturated carbocycles. The van der Waals surface area contributed by atoms with Crippen LogP contribution < -0.4 is 5.32 Å². The fourth-order valence-electron chi connectivity index (χ4n) is 1.08. The van der Waals surface area contributed by atoms with Crippen molar-refractivity contribution in [1.29, 1.82) is 5.26 Å². The molecule has 0 fully saturated rings. The third-order valence-corrected chi connectivity index (χ3v) is 1.83. The summed E-state index contributed by atoms with van der Waals surface area (Å²) >= 11 is 0. The van der Waals surface area contributed by atoms with Gasteiger partial charge >= 0.3 is 0 Å². The molecule has 0 aliphatic carbocycles. The maximum Gasteiger partial charge on any atom is 0.127 e. The molecule has 0 aliphatic rings. The van der Waals surface area contributed by atoms with Crippen LogP contribution in [0.4, 0.5) is 4.39 Å². The first-order chi connectivity index (χ1) is 6.27. The van der Waals surface area contributed by atoms with Crippen molar-refractivity contribution in [2.24, 2.45) is 0 Å². The molecule has 2 nitrogen and oxygen atoms in total. The predicted molar refractivity (Wildman–Crippen MR) is 48.7 cm³/mol. The number of hydrogen-bond donors (Lipinski definition) is 1. The maximum absolute atomic E-state index is 13.2. The number of rotatable bonds is 3. The minimum Gasteiger partial charge on any atom is -0.319 e. The molecule has 0 atom stereocenters. The third-order valence-electron chi connectivity index (χ3n) is 1.83. The molecule has 0 bridgehead atoms. The van der Waals surface area contributed by atoms with E-state index in [0.717, 1.165) is 6.54 Å². The van der Waals surface area contributed by atoms with Gasteiger partial charge in [-0.15, -0.1) is 0 Å². The van der Waals surface area contributed by atoms with Crippen LogP contribution in [0.25, 0.3) is 0 Å². The van der Waals surface area contributed by atoms with Crippen molar-refractivity contribution in [3.8, 4) is 6.07 Å². The van der Waals surface area contributed by atoms with E-state index in [2.05, 4.69) is 5.32 Å². The Bertz CT molecular complexity index is 328. The first kappa shape index (κ1) is 9.69. The summed E-state index contributed by atoms with van der Waals surface area (Å²) in [6, 6.07) is 6.46. The zero-order valence-corrected chi connectivity index (χ0v) is 7.47. The van der Waals surface area contributed by atoms with Crippen molar-refractivity contribution in [3.63, 3.8) is 0 Å². The lowest BCUT2D eigenvalue weighted by atomic mass is 10.1. The van der Waals surface area contributed by atoms with Gasteiger partial charge in [0.15, 0.2) is 0 Å². The summed E-state index contributed by atoms with van der Waals surface area (Å²) in [4.78, 5) is 0. The largest absolute Gasteiger partial charge is 0.319 e. The second-order valence-corrected chi connectivity index (χ2v) is 2.77. The number of nitrogens with one attached hydrogen (secondary N) is 1. The van der Waals surface area contributed by atoms with Crippen LogP contribution in [-0.2, 0) is 6.42 Å². The Balaban J connectivity index is 2.81. The summed E-state index contributed by atoms with van der Waals surface area (Å²) in [5.41, 5.74) is 1.01. The van der Waals surface area contributed by atoms with Gasteiger partial charge in [0.1, 0.15) is 5.82 Å². The third kappa shape index (κ3) is 2.53. The quantitative estimate of drug-likeness (QED) is 0.760. The van der Waals surface area contributed by atoms with Crippen LogP contribution in [0.1, 0.15) is 11.1 Å². The number of benzene rings is 1. The molecule has 0 aromatic heterocycles. The lowest BCUT2D eigenvalue weighted by Gasteiger charge is -2.02. The molecule has 0 spiro atoms. The van der Waals surface area contributed by atoms with E-state index in [1.54, 1.807) is 12.1 Å². The number of nitriles is 1. The Kier molecular flexibility index (Phi) is 3.41. The Morgan fingerprint density at radius 1 is 1.54 bits per heavy atom. The van der Waals surface area contributed by atoms with Gasteiger partial charge in [-0.05, 0) is 37.7 Å². The average molecular weight is 178 g/mol. The number of halogens is 1. The molecule has 0 unspecified atom stereocenters. The van der Waals surface area contributed by atoms with Crippen LogP contribution in [-0.4, -0.2) is 13.6 Å². The summed E-state index contributed by atoms with van der Waals surface area (Å²) in [7, 11) is 1.82. The van der Waals surface area contributed by atoms with Crippen molar-refractivity contribution in [3.05, 3.63) is 35.1 Å². The fraction of sp³-hybridized carbons (Fsp3) is 0.300. The molecule has 0 saturated heterocycles. The highest BCUT2D eigenvalue weighted by molar-refractivity contribution is 5.32. The average Bonchev–Trinajstić information content (AvgIpc) is 2.16. The van der Waals surface area contributed by atoms with Crippen LogP contribution in [0, 0.1) is 17.1 Å². The van der Waals surface area contributed by atoms with Crippen molar-refractivity contribution in [2.75, 3.05) is 13.6 Å². The van der Waals surface area contributed by atoms with Gasteiger partial charge in [0, 0.05) is 0 Å². The van der Waals surface area contributed by atoms with E-state index in [1.165, 1.54) is 6.07 Å². The van der Waals surface area contributed by atoms with E-state index in [-0.39, 0.29) is 5.82 Å². The molecule has 0 radical (unpaired) electrons. The van der Waals surface area contributed by atoms with Gasteiger partial charge in [0.25, 0.3) is 0 Å². The first-order valence-corrected chi connectivity index (χ1v) is 4.11. The van der Waals surface area contributed by atoms with E-state index < -0.39 is 0 Å². The molecule has 0 amide bonds. The highest BCUT2D eigenvalue weighted by atomic mass is 19.1. The van der Waals surface area contributed by atoms with Gasteiger partial charge in [0.05, 0.1) is 11.6 Å². The lowest BCUT2D eigenvalue weighted by Crippen LogP contribution is -2.11. The molecule has 1 rings (SSSR count). The number of likely N-dealkylation sites (N-methyl/N-ethyl adjacent to an activating group) is 1. The number of hydrogen-bond acceptors (Lipinski definition) is 2. The van der Waals surface area contributed by atoms with E-state index in [0.29, 0.717) is 17.5 Å². The summed E-state index contributed by atoms with van der Waals surface area (Å²) < 4.78 is 13.2. The van der Waals surface area contributed by atoms with Gasteiger partial charge < -0.3 is 5.32 Å². The fourth-order valence-corrected chi connectivity index (χ4v) is 1.08. The lowest BCUT2D eigenvalue weighted by molar-refractivity contribution is 0.604. The smallest absolute Gasteiger partial charge is 0.127 e. The SMILES string of the molecule is CNCCc1ccc(C#N)cc1F. The molecular formula is C10H11FN2. The molecule has 1 aromatic rings. The highest BCUT2D eigenvalue weighted by Crippen LogP contribution is 2.09. The maximum atomic E-state index is 13.2.